The number of carbonyl (C=O) groups is 3. The van der Waals surface area contributed by atoms with Crippen LogP contribution in [0, 0.1) is 0 Å². The molecule has 2 unspecified atom stereocenters. The smallest absolute Gasteiger partial charge is 0.255 e. The Morgan fingerprint density at radius 3 is 2.77 bits per heavy atom. The van der Waals surface area contributed by atoms with Gasteiger partial charge < -0.3 is 21.1 Å². The molecule has 4 rings (SSSR count). The zero-order valence-corrected chi connectivity index (χ0v) is 16.4. The highest BCUT2D eigenvalue weighted by molar-refractivity contribution is 6.05. The summed E-state index contributed by atoms with van der Waals surface area (Å²) in [5.74, 6) is -0.912. The van der Waals surface area contributed by atoms with Crippen molar-refractivity contribution >= 4 is 23.4 Å². The Morgan fingerprint density at radius 1 is 1.20 bits per heavy atom. The summed E-state index contributed by atoms with van der Waals surface area (Å²) in [5, 5.41) is 15.3. The number of nitrogens with one attached hydrogen (secondary N) is 2. The predicted molar refractivity (Wildman–Crippen MR) is 110 cm³/mol. The summed E-state index contributed by atoms with van der Waals surface area (Å²) in [7, 11) is 0. The highest BCUT2D eigenvalue weighted by Gasteiger charge is 2.39. The van der Waals surface area contributed by atoms with Crippen LogP contribution in [0.1, 0.15) is 45.9 Å². The van der Waals surface area contributed by atoms with Gasteiger partial charge in [-0.3, -0.25) is 19.7 Å². The quantitative estimate of drug-likeness (QED) is 0.415. The van der Waals surface area contributed by atoms with Crippen molar-refractivity contribution in [2.75, 3.05) is 12.3 Å². The second-order valence-corrected chi connectivity index (χ2v) is 7.68. The van der Waals surface area contributed by atoms with E-state index in [1.807, 2.05) is 36.4 Å². The SMILES string of the molecule is Nc1cccc(C(CO)NCc2ccc3c(c2)C(=O)N(C2CCC(=O)NC2=O)C3)c1. The van der Waals surface area contributed by atoms with Crippen molar-refractivity contribution in [1.29, 1.82) is 0 Å². The molecule has 2 aromatic carbocycles. The maximum Gasteiger partial charge on any atom is 0.255 e. The molecule has 0 spiro atoms. The van der Waals surface area contributed by atoms with E-state index in [9.17, 15) is 19.5 Å². The number of aliphatic hydroxyl groups is 1. The Labute approximate surface area is 174 Å². The molecule has 8 heteroatoms. The van der Waals surface area contributed by atoms with E-state index in [1.165, 1.54) is 4.90 Å². The van der Waals surface area contributed by atoms with Gasteiger partial charge in [0.15, 0.2) is 0 Å². The number of amides is 3. The molecule has 0 aromatic heterocycles. The first kappa shape index (κ1) is 20.1. The zero-order chi connectivity index (χ0) is 21.3. The van der Waals surface area contributed by atoms with Crippen LogP contribution < -0.4 is 16.4 Å². The highest BCUT2D eigenvalue weighted by atomic mass is 16.3. The topological polar surface area (TPSA) is 125 Å². The number of imide groups is 1. The third-order valence-electron chi connectivity index (χ3n) is 5.64. The molecule has 3 amide bonds. The van der Waals surface area contributed by atoms with Crippen molar-refractivity contribution < 1.29 is 19.5 Å². The Hall–Kier alpha value is -3.23. The number of hydrogen-bond donors (Lipinski definition) is 4. The standard InChI is InChI=1S/C22H24N4O4/c23-16-3-1-2-14(9-16)18(12-27)24-10-13-4-5-15-11-26(22(30)17(15)8-13)19-6-7-20(28)25-21(19)29/h1-5,8-9,18-19,24,27H,6-7,10-12,23H2,(H,25,28,29). The molecule has 30 heavy (non-hydrogen) atoms. The van der Waals surface area contributed by atoms with Crippen molar-refractivity contribution in [2.45, 2.75) is 38.0 Å². The minimum Gasteiger partial charge on any atom is -0.399 e. The van der Waals surface area contributed by atoms with Gasteiger partial charge in [-0.25, -0.2) is 0 Å². The molecule has 2 aromatic rings. The summed E-state index contributed by atoms with van der Waals surface area (Å²) in [6.07, 6.45) is 0.579. The molecule has 156 valence electrons. The van der Waals surface area contributed by atoms with E-state index in [2.05, 4.69) is 10.6 Å². The molecule has 5 N–H and O–H groups in total. The lowest BCUT2D eigenvalue weighted by molar-refractivity contribution is -0.136. The fraction of sp³-hybridized carbons (Fsp3) is 0.318. The molecular formula is C22H24N4O4. The Morgan fingerprint density at radius 2 is 2.03 bits per heavy atom. The van der Waals surface area contributed by atoms with Crippen LogP contribution in [0.2, 0.25) is 0 Å². The van der Waals surface area contributed by atoms with Crippen LogP contribution in [0.15, 0.2) is 42.5 Å². The van der Waals surface area contributed by atoms with Crippen molar-refractivity contribution in [3.05, 3.63) is 64.7 Å². The van der Waals surface area contributed by atoms with Crippen molar-refractivity contribution in [3.8, 4) is 0 Å². The minimum atomic E-state index is -0.619. The van der Waals surface area contributed by atoms with E-state index in [0.717, 1.165) is 16.7 Å². The maximum atomic E-state index is 12.9. The molecule has 8 nitrogen and oxygen atoms in total. The van der Waals surface area contributed by atoms with Crippen molar-refractivity contribution in [1.82, 2.24) is 15.5 Å². The van der Waals surface area contributed by atoms with Crippen LogP contribution in [0.25, 0.3) is 0 Å². The third kappa shape index (κ3) is 3.92. The fourth-order valence-corrected chi connectivity index (χ4v) is 4.02. The average molecular weight is 408 g/mol. The molecule has 1 saturated heterocycles. The van der Waals surface area contributed by atoms with Gasteiger partial charge in [-0.05, 0) is 41.3 Å². The third-order valence-corrected chi connectivity index (χ3v) is 5.64. The van der Waals surface area contributed by atoms with Gasteiger partial charge in [0.05, 0.1) is 12.6 Å². The lowest BCUT2D eigenvalue weighted by Crippen LogP contribution is -2.52. The van der Waals surface area contributed by atoms with E-state index in [0.29, 0.717) is 30.8 Å². The molecular weight excluding hydrogens is 384 g/mol. The Kier molecular flexibility index (Phi) is 5.52. The Bertz CT molecular complexity index is 1010. The number of aliphatic hydroxyl groups excluding tert-OH is 1. The van der Waals surface area contributed by atoms with Crippen LogP contribution >= 0.6 is 0 Å². The first-order chi connectivity index (χ1) is 14.5. The largest absolute Gasteiger partial charge is 0.399 e. The number of anilines is 1. The van der Waals surface area contributed by atoms with Gasteiger partial charge >= 0.3 is 0 Å². The summed E-state index contributed by atoms with van der Waals surface area (Å²) in [6, 6.07) is 12.1. The number of nitrogens with zero attached hydrogens (tertiary/aromatic N) is 1. The minimum absolute atomic E-state index is 0.0867. The number of carbonyl (C=O) groups excluding carboxylic acids is 3. The number of rotatable bonds is 6. The molecule has 0 aliphatic carbocycles. The van der Waals surface area contributed by atoms with Crippen LogP contribution in [-0.2, 0) is 22.7 Å². The van der Waals surface area contributed by atoms with E-state index >= 15 is 0 Å². The number of fused-ring (bicyclic) bond motifs is 1. The first-order valence-corrected chi connectivity index (χ1v) is 9.92. The van der Waals surface area contributed by atoms with Crippen LogP contribution in [0.3, 0.4) is 0 Å². The van der Waals surface area contributed by atoms with Gasteiger partial charge in [0.25, 0.3) is 5.91 Å². The lowest BCUT2D eigenvalue weighted by Gasteiger charge is -2.29. The summed E-state index contributed by atoms with van der Waals surface area (Å²) < 4.78 is 0. The fourth-order valence-electron chi connectivity index (χ4n) is 4.02. The van der Waals surface area contributed by atoms with Crippen molar-refractivity contribution in [3.63, 3.8) is 0 Å². The molecule has 2 aliphatic rings. The van der Waals surface area contributed by atoms with Crippen molar-refractivity contribution in [2.24, 2.45) is 0 Å². The number of hydrogen-bond acceptors (Lipinski definition) is 6. The average Bonchev–Trinajstić information content (AvgIpc) is 3.04. The number of nitrogens with two attached hydrogens (primary N) is 1. The molecule has 2 atom stereocenters. The van der Waals surface area contributed by atoms with E-state index in [4.69, 9.17) is 5.73 Å². The van der Waals surface area contributed by atoms with Crippen LogP contribution in [0.5, 0.6) is 0 Å². The van der Waals surface area contributed by atoms with E-state index < -0.39 is 11.9 Å². The van der Waals surface area contributed by atoms with Gasteiger partial charge in [0.1, 0.15) is 6.04 Å². The summed E-state index contributed by atoms with van der Waals surface area (Å²) in [4.78, 5) is 38.0. The molecule has 1 fully saturated rings. The van der Waals surface area contributed by atoms with Gasteiger partial charge in [-0.1, -0.05) is 24.3 Å². The highest BCUT2D eigenvalue weighted by Crippen LogP contribution is 2.28. The number of benzene rings is 2. The second kappa shape index (κ2) is 8.25. The van der Waals surface area contributed by atoms with Crippen LogP contribution in [-0.4, -0.2) is 40.4 Å². The lowest BCUT2D eigenvalue weighted by atomic mass is 10.0. The number of nitrogen functional groups attached to an aromatic ring is 1. The van der Waals surface area contributed by atoms with Gasteiger partial charge in [0, 0.05) is 30.8 Å². The molecule has 2 aliphatic heterocycles. The summed E-state index contributed by atoms with van der Waals surface area (Å²) in [6.45, 7) is 0.728. The van der Waals surface area contributed by atoms with E-state index in [-0.39, 0.29) is 30.9 Å². The van der Waals surface area contributed by atoms with E-state index in [1.54, 1.807) is 6.07 Å². The molecule has 0 radical (unpaired) electrons. The Balaban J connectivity index is 1.45. The predicted octanol–water partition coefficient (Wildman–Crippen LogP) is 0.853. The second-order valence-electron chi connectivity index (χ2n) is 7.68. The number of piperidine rings is 1. The molecule has 0 bridgehead atoms. The summed E-state index contributed by atoms with van der Waals surface area (Å²) >= 11 is 0. The van der Waals surface area contributed by atoms with Gasteiger partial charge in [-0.2, -0.15) is 0 Å². The first-order valence-electron chi connectivity index (χ1n) is 9.92. The zero-order valence-electron chi connectivity index (χ0n) is 16.4. The molecule has 2 heterocycles. The normalized spacial score (nSPS) is 19.6. The van der Waals surface area contributed by atoms with Gasteiger partial charge in [0.2, 0.25) is 11.8 Å². The maximum absolute atomic E-state index is 12.9. The summed E-state index contributed by atoms with van der Waals surface area (Å²) in [5.41, 5.74) is 9.68. The molecule has 0 saturated carbocycles. The monoisotopic (exact) mass is 408 g/mol. The van der Waals surface area contributed by atoms with Gasteiger partial charge in [-0.15, -0.1) is 0 Å². The van der Waals surface area contributed by atoms with Crippen LogP contribution in [0.4, 0.5) is 5.69 Å².